The summed E-state index contributed by atoms with van der Waals surface area (Å²) in [6.07, 6.45) is 2.48. The van der Waals surface area contributed by atoms with Crippen molar-refractivity contribution in [3.8, 4) is 5.75 Å². The SMILES string of the molecule is Cc1ccc(N(CC(=O)N/N=C\c2ccc(OCC(=O)Nc3ccccc3)cc2)S(C)(=O)=O)c(C)c1. The summed E-state index contributed by atoms with van der Waals surface area (Å²) in [7, 11) is -3.68. The Morgan fingerprint density at radius 2 is 1.67 bits per heavy atom. The van der Waals surface area contributed by atoms with Crippen molar-refractivity contribution >= 4 is 39.4 Å². The third-order valence-corrected chi connectivity index (χ3v) is 6.15. The van der Waals surface area contributed by atoms with Crippen LogP contribution in [0.1, 0.15) is 16.7 Å². The van der Waals surface area contributed by atoms with E-state index in [1.54, 1.807) is 55.5 Å². The molecule has 2 amide bonds. The molecule has 36 heavy (non-hydrogen) atoms. The third-order valence-electron chi connectivity index (χ3n) is 5.02. The maximum Gasteiger partial charge on any atom is 0.262 e. The number of hydrogen-bond donors (Lipinski definition) is 2. The molecule has 3 rings (SSSR count). The second-order valence-electron chi connectivity index (χ2n) is 8.12. The molecule has 188 valence electrons. The van der Waals surface area contributed by atoms with Crippen molar-refractivity contribution in [3.05, 3.63) is 89.5 Å². The van der Waals surface area contributed by atoms with E-state index in [-0.39, 0.29) is 12.5 Å². The number of hydrogen-bond acceptors (Lipinski definition) is 6. The third kappa shape index (κ3) is 7.95. The average Bonchev–Trinajstić information content (AvgIpc) is 2.82. The maximum atomic E-state index is 12.4. The molecule has 10 heteroatoms. The number of carbonyl (C=O) groups is 2. The van der Waals surface area contributed by atoms with E-state index < -0.39 is 22.5 Å². The Labute approximate surface area is 210 Å². The van der Waals surface area contributed by atoms with Crippen LogP contribution in [0, 0.1) is 13.8 Å². The number of hydrazone groups is 1. The fourth-order valence-corrected chi connectivity index (χ4v) is 4.24. The topological polar surface area (TPSA) is 117 Å². The summed E-state index contributed by atoms with van der Waals surface area (Å²) in [6.45, 7) is 3.15. The van der Waals surface area contributed by atoms with Gasteiger partial charge in [-0.15, -0.1) is 0 Å². The second-order valence-corrected chi connectivity index (χ2v) is 10.0. The fourth-order valence-electron chi connectivity index (χ4n) is 3.33. The summed E-state index contributed by atoms with van der Waals surface area (Å²) in [4.78, 5) is 24.4. The Balaban J connectivity index is 1.51. The van der Waals surface area contributed by atoms with Crippen molar-refractivity contribution in [2.75, 3.05) is 29.0 Å². The highest BCUT2D eigenvalue weighted by atomic mass is 32.2. The van der Waals surface area contributed by atoms with Crippen molar-refractivity contribution in [2.45, 2.75) is 13.8 Å². The van der Waals surface area contributed by atoms with Crippen LogP contribution < -0.4 is 19.8 Å². The van der Waals surface area contributed by atoms with Gasteiger partial charge < -0.3 is 10.1 Å². The molecule has 0 bridgehead atoms. The molecule has 0 aliphatic rings. The number of anilines is 2. The molecular weight excluding hydrogens is 480 g/mol. The summed E-state index contributed by atoms with van der Waals surface area (Å²) >= 11 is 0. The molecule has 0 aliphatic carbocycles. The summed E-state index contributed by atoms with van der Waals surface area (Å²) in [5, 5.41) is 6.64. The standard InChI is InChI=1S/C26H28N4O5S/c1-19-9-14-24(20(2)15-19)30(36(3,33)34)17-25(31)29-27-16-21-10-12-23(13-11-21)35-18-26(32)28-22-7-5-4-6-8-22/h4-16H,17-18H2,1-3H3,(H,28,32)(H,29,31)/b27-16-. The van der Waals surface area contributed by atoms with Gasteiger partial charge in [-0.05, 0) is 67.4 Å². The van der Waals surface area contributed by atoms with E-state index >= 15 is 0 Å². The highest BCUT2D eigenvalue weighted by Crippen LogP contribution is 2.23. The van der Waals surface area contributed by atoms with Crippen molar-refractivity contribution in [1.82, 2.24) is 5.43 Å². The molecule has 0 saturated carbocycles. The van der Waals surface area contributed by atoms with Gasteiger partial charge >= 0.3 is 0 Å². The second kappa shape index (κ2) is 12.0. The number of rotatable bonds is 10. The molecule has 0 unspecified atom stereocenters. The van der Waals surface area contributed by atoms with E-state index in [1.165, 1.54) is 6.21 Å². The number of aryl methyl sites for hydroxylation is 2. The maximum absolute atomic E-state index is 12.4. The van der Waals surface area contributed by atoms with Gasteiger partial charge in [0.15, 0.2) is 6.61 Å². The largest absolute Gasteiger partial charge is 0.484 e. The van der Waals surface area contributed by atoms with Crippen LogP contribution in [0.25, 0.3) is 0 Å². The smallest absolute Gasteiger partial charge is 0.262 e. The van der Waals surface area contributed by atoms with Crippen LogP contribution in [0.15, 0.2) is 77.9 Å². The number of amides is 2. The van der Waals surface area contributed by atoms with Crippen LogP contribution in [0.5, 0.6) is 5.75 Å². The first kappa shape index (κ1) is 26.4. The Hall–Kier alpha value is -4.18. The molecule has 2 N–H and O–H groups in total. The number of sulfonamides is 1. The minimum absolute atomic E-state index is 0.143. The number of nitrogens with one attached hydrogen (secondary N) is 2. The fraction of sp³-hybridized carbons (Fsp3) is 0.192. The van der Waals surface area contributed by atoms with Crippen LogP contribution in [-0.4, -0.2) is 45.9 Å². The van der Waals surface area contributed by atoms with Crippen LogP contribution in [-0.2, 0) is 19.6 Å². The zero-order chi connectivity index (χ0) is 26.1. The van der Waals surface area contributed by atoms with Gasteiger partial charge in [0.2, 0.25) is 10.0 Å². The van der Waals surface area contributed by atoms with Crippen molar-refractivity contribution in [2.24, 2.45) is 5.10 Å². The predicted octanol–water partition coefficient (Wildman–Crippen LogP) is 3.24. The molecule has 0 radical (unpaired) electrons. The van der Waals surface area contributed by atoms with Gasteiger partial charge in [-0.25, -0.2) is 13.8 Å². The van der Waals surface area contributed by atoms with Crippen molar-refractivity contribution < 1.29 is 22.7 Å². The van der Waals surface area contributed by atoms with E-state index in [1.807, 2.05) is 31.2 Å². The van der Waals surface area contributed by atoms with E-state index in [2.05, 4.69) is 15.8 Å². The summed E-state index contributed by atoms with van der Waals surface area (Å²) in [5.74, 6) is -0.365. The highest BCUT2D eigenvalue weighted by Gasteiger charge is 2.22. The number of ether oxygens (including phenoxy) is 1. The number of para-hydroxylation sites is 1. The molecule has 0 spiro atoms. The van der Waals surface area contributed by atoms with E-state index in [0.29, 0.717) is 22.7 Å². The molecule has 0 aromatic heterocycles. The van der Waals surface area contributed by atoms with Gasteiger partial charge in [-0.2, -0.15) is 5.10 Å². The molecule has 3 aromatic carbocycles. The first-order valence-electron chi connectivity index (χ1n) is 11.1. The average molecular weight is 509 g/mol. The van der Waals surface area contributed by atoms with Crippen LogP contribution in [0.3, 0.4) is 0 Å². The zero-order valence-electron chi connectivity index (χ0n) is 20.3. The number of nitrogens with zero attached hydrogens (tertiary/aromatic N) is 2. The summed E-state index contributed by atoms with van der Waals surface area (Å²) in [6, 6.07) is 21.2. The molecule has 0 saturated heterocycles. The van der Waals surface area contributed by atoms with Crippen molar-refractivity contribution in [3.63, 3.8) is 0 Å². The predicted molar refractivity (Wildman–Crippen MR) is 141 cm³/mol. The Morgan fingerprint density at radius 3 is 2.31 bits per heavy atom. The Kier molecular flexibility index (Phi) is 8.80. The van der Waals surface area contributed by atoms with Gasteiger partial charge in [0.1, 0.15) is 12.3 Å². The zero-order valence-corrected chi connectivity index (χ0v) is 21.1. The van der Waals surface area contributed by atoms with E-state index in [4.69, 9.17) is 4.74 Å². The van der Waals surface area contributed by atoms with Gasteiger partial charge in [-0.1, -0.05) is 35.9 Å². The molecule has 0 fully saturated rings. The molecule has 0 atom stereocenters. The van der Waals surface area contributed by atoms with Crippen LogP contribution in [0.2, 0.25) is 0 Å². The lowest BCUT2D eigenvalue weighted by Gasteiger charge is -2.23. The number of benzene rings is 3. The Morgan fingerprint density at radius 1 is 0.972 bits per heavy atom. The lowest BCUT2D eigenvalue weighted by Crippen LogP contribution is -2.39. The minimum Gasteiger partial charge on any atom is -0.484 e. The van der Waals surface area contributed by atoms with Crippen molar-refractivity contribution in [1.29, 1.82) is 0 Å². The normalized spacial score (nSPS) is 11.2. The summed E-state index contributed by atoms with van der Waals surface area (Å²) < 4.78 is 31.1. The van der Waals surface area contributed by atoms with Crippen LogP contribution >= 0.6 is 0 Å². The first-order chi connectivity index (χ1) is 17.1. The first-order valence-corrected chi connectivity index (χ1v) is 12.9. The summed E-state index contributed by atoms with van der Waals surface area (Å²) in [5.41, 5.74) is 5.89. The lowest BCUT2D eigenvalue weighted by atomic mass is 10.1. The monoisotopic (exact) mass is 508 g/mol. The quantitative estimate of drug-likeness (QED) is 0.322. The van der Waals surface area contributed by atoms with Gasteiger partial charge in [0, 0.05) is 5.69 Å². The van der Waals surface area contributed by atoms with Gasteiger partial charge in [0.25, 0.3) is 11.8 Å². The van der Waals surface area contributed by atoms with E-state index in [9.17, 15) is 18.0 Å². The van der Waals surface area contributed by atoms with Gasteiger partial charge in [-0.3, -0.25) is 13.9 Å². The van der Waals surface area contributed by atoms with Gasteiger partial charge in [0.05, 0.1) is 18.2 Å². The lowest BCUT2D eigenvalue weighted by molar-refractivity contribution is -0.119. The molecule has 9 nitrogen and oxygen atoms in total. The molecule has 0 heterocycles. The Bertz CT molecular complexity index is 1340. The molecule has 0 aliphatic heterocycles. The van der Waals surface area contributed by atoms with E-state index in [0.717, 1.165) is 21.7 Å². The van der Waals surface area contributed by atoms with Crippen LogP contribution in [0.4, 0.5) is 11.4 Å². The minimum atomic E-state index is -3.68. The number of carbonyl (C=O) groups excluding carboxylic acids is 2. The molecule has 3 aromatic rings. The highest BCUT2D eigenvalue weighted by molar-refractivity contribution is 7.92. The molecular formula is C26H28N4O5S.